The summed E-state index contributed by atoms with van der Waals surface area (Å²) in [6, 6.07) is 11.5. The molecule has 0 saturated carbocycles. The molecule has 27 heavy (non-hydrogen) atoms. The molecule has 2 aromatic rings. The van der Waals surface area contributed by atoms with Crippen LogP contribution in [0.2, 0.25) is 0 Å². The molecule has 6 nitrogen and oxygen atoms in total. The molecule has 0 unspecified atom stereocenters. The molecule has 2 amide bonds. The van der Waals surface area contributed by atoms with Crippen LogP contribution in [-0.4, -0.2) is 42.1 Å². The van der Waals surface area contributed by atoms with Crippen molar-refractivity contribution in [2.45, 2.75) is 19.9 Å². The zero-order valence-electron chi connectivity index (χ0n) is 15.5. The van der Waals surface area contributed by atoms with Crippen molar-refractivity contribution >= 4 is 29.0 Å². The van der Waals surface area contributed by atoms with E-state index in [1.54, 1.807) is 43.1 Å². The number of ketones is 1. The summed E-state index contributed by atoms with van der Waals surface area (Å²) in [6.07, 6.45) is 0. The zero-order valence-corrected chi connectivity index (χ0v) is 15.5. The first kappa shape index (κ1) is 20.3. The SMILES string of the molecule is CC(=O)c1cccc(NC(=O)[C@@H](C)N(C)CC(=O)Nc2ccc(F)cc2)c1. The Bertz CT molecular complexity index is 837. The number of halogens is 1. The predicted octanol–water partition coefficient (Wildman–Crippen LogP) is 2.93. The number of benzene rings is 2. The van der Waals surface area contributed by atoms with Crippen molar-refractivity contribution < 1.29 is 18.8 Å². The molecule has 0 fully saturated rings. The number of carbonyl (C=O) groups is 3. The summed E-state index contributed by atoms with van der Waals surface area (Å²) >= 11 is 0. The van der Waals surface area contributed by atoms with E-state index in [0.717, 1.165) is 0 Å². The topological polar surface area (TPSA) is 78.5 Å². The molecule has 0 bridgehead atoms. The maximum Gasteiger partial charge on any atom is 0.241 e. The Morgan fingerprint density at radius 3 is 2.33 bits per heavy atom. The smallest absolute Gasteiger partial charge is 0.241 e. The zero-order chi connectivity index (χ0) is 20.0. The van der Waals surface area contributed by atoms with Crippen LogP contribution in [0.5, 0.6) is 0 Å². The van der Waals surface area contributed by atoms with Gasteiger partial charge < -0.3 is 10.6 Å². The second-order valence-electron chi connectivity index (χ2n) is 6.27. The maximum atomic E-state index is 12.9. The molecular weight excluding hydrogens is 349 g/mol. The van der Waals surface area contributed by atoms with Crippen LogP contribution in [0, 0.1) is 5.82 Å². The van der Waals surface area contributed by atoms with Crippen molar-refractivity contribution in [3.8, 4) is 0 Å². The number of rotatable bonds is 7. The van der Waals surface area contributed by atoms with E-state index in [9.17, 15) is 18.8 Å². The quantitative estimate of drug-likeness (QED) is 0.734. The van der Waals surface area contributed by atoms with Crippen LogP contribution in [0.1, 0.15) is 24.2 Å². The lowest BCUT2D eigenvalue weighted by Crippen LogP contribution is -2.43. The fourth-order valence-electron chi connectivity index (χ4n) is 2.36. The van der Waals surface area contributed by atoms with Gasteiger partial charge in [-0.05, 0) is 57.3 Å². The third kappa shape index (κ3) is 6.00. The fourth-order valence-corrected chi connectivity index (χ4v) is 2.36. The highest BCUT2D eigenvalue weighted by Crippen LogP contribution is 2.13. The van der Waals surface area contributed by atoms with Gasteiger partial charge in [-0.2, -0.15) is 0 Å². The van der Waals surface area contributed by atoms with Crippen molar-refractivity contribution in [2.24, 2.45) is 0 Å². The van der Waals surface area contributed by atoms with Gasteiger partial charge >= 0.3 is 0 Å². The third-order valence-corrected chi connectivity index (χ3v) is 4.10. The Labute approximate surface area is 157 Å². The highest BCUT2D eigenvalue weighted by molar-refractivity contribution is 5.99. The van der Waals surface area contributed by atoms with Crippen molar-refractivity contribution in [3.05, 3.63) is 59.9 Å². The van der Waals surface area contributed by atoms with Crippen molar-refractivity contribution in [1.29, 1.82) is 0 Å². The van der Waals surface area contributed by atoms with Crippen LogP contribution in [0.4, 0.5) is 15.8 Å². The first-order chi connectivity index (χ1) is 12.8. The van der Waals surface area contributed by atoms with E-state index in [4.69, 9.17) is 0 Å². The van der Waals surface area contributed by atoms with Gasteiger partial charge in [0, 0.05) is 16.9 Å². The lowest BCUT2D eigenvalue weighted by Gasteiger charge is -2.23. The molecule has 0 aliphatic heterocycles. The molecule has 0 aliphatic carbocycles. The molecule has 142 valence electrons. The molecule has 2 N–H and O–H groups in total. The summed E-state index contributed by atoms with van der Waals surface area (Å²) < 4.78 is 12.9. The van der Waals surface area contributed by atoms with E-state index in [-0.39, 0.29) is 30.0 Å². The van der Waals surface area contributed by atoms with Gasteiger partial charge in [0.25, 0.3) is 0 Å². The number of Topliss-reactive ketones (excluding diaryl/α,β-unsaturated/α-hetero) is 1. The van der Waals surface area contributed by atoms with Crippen LogP contribution in [-0.2, 0) is 9.59 Å². The number of hydrogen-bond acceptors (Lipinski definition) is 4. The average molecular weight is 371 g/mol. The predicted molar refractivity (Wildman–Crippen MR) is 102 cm³/mol. The van der Waals surface area contributed by atoms with E-state index >= 15 is 0 Å². The average Bonchev–Trinajstić information content (AvgIpc) is 2.63. The minimum atomic E-state index is -0.579. The highest BCUT2D eigenvalue weighted by atomic mass is 19.1. The monoisotopic (exact) mass is 371 g/mol. The van der Waals surface area contributed by atoms with Crippen LogP contribution in [0.15, 0.2) is 48.5 Å². The number of hydrogen-bond donors (Lipinski definition) is 2. The number of anilines is 2. The second-order valence-corrected chi connectivity index (χ2v) is 6.27. The molecule has 1 atom stereocenters. The molecular formula is C20H22FN3O3. The fraction of sp³-hybridized carbons (Fsp3) is 0.250. The van der Waals surface area contributed by atoms with Crippen LogP contribution in [0.3, 0.4) is 0 Å². The summed E-state index contributed by atoms with van der Waals surface area (Å²) in [6.45, 7) is 3.12. The number of amides is 2. The van der Waals surface area contributed by atoms with Gasteiger partial charge in [-0.3, -0.25) is 19.3 Å². The van der Waals surface area contributed by atoms with Crippen LogP contribution in [0.25, 0.3) is 0 Å². The molecule has 0 aromatic heterocycles. The van der Waals surface area contributed by atoms with E-state index in [1.807, 2.05) is 0 Å². The summed E-state index contributed by atoms with van der Waals surface area (Å²) in [5.74, 6) is -1.09. The summed E-state index contributed by atoms with van der Waals surface area (Å²) in [5.41, 5.74) is 1.50. The Hall–Kier alpha value is -3.06. The van der Waals surface area contributed by atoms with Gasteiger partial charge in [0.15, 0.2) is 5.78 Å². The standard InChI is InChI=1S/C20H22FN3O3/c1-13(20(27)23-18-6-4-5-15(11-18)14(2)25)24(3)12-19(26)22-17-9-7-16(21)8-10-17/h4-11,13H,12H2,1-3H3,(H,22,26)(H,23,27)/t13-/m1/s1. The Balaban J connectivity index is 1.91. The normalized spacial score (nSPS) is 11.7. The number of nitrogens with zero attached hydrogens (tertiary/aromatic N) is 1. The van der Waals surface area contributed by atoms with Gasteiger partial charge in [-0.25, -0.2) is 4.39 Å². The number of carbonyl (C=O) groups excluding carboxylic acids is 3. The Kier molecular flexibility index (Phi) is 6.79. The Morgan fingerprint density at radius 1 is 1.04 bits per heavy atom. The van der Waals surface area contributed by atoms with Gasteiger partial charge in [0.05, 0.1) is 12.6 Å². The van der Waals surface area contributed by atoms with Crippen molar-refractivity contribution in [1.82, 2.24) is 4.90 Å². The molecule has 0 aliphatic rings. The summed E-state index contributed by atoms with van der Waals surface area (Å²) in [4.78, 5) is 37.5. The molecule has 0 spiro atoms. The van der Waals surface area contributed by atoms with E-state index in [2.05, 4.69) is 10.6 Å². The largest absolute Gasteiger partial charge is 0.325 e. The number of likely N-dealkylation sites (N-methyl/N-ethyl adjacent to an activating group) is 1. The maximum absolute atomic E-state index is 12.9. The molecule has 7 heteroatoms. The first-order valence-corrected chi connectivity index (χ1v) is 8.44. The van der Waals surface area contributed by atoms with Gasteiger partial charge in [-0.15, -0.1) is 0 Å². The van der Waals surface area contributed by atoms with Crippen LogP contribution < -0.4 is 10.6 Å². The Morgan fingerprint density at radius 2 is 1.70 bits per heavy atom. The highest BCUT2D eigenvalue weighted by Gasteiger charge is 2.20. The lowest BCUT2D eigenvalue weighted by atomic mass is 10.1. The first-order valence-electron chi connectivity index (χ1n) is 8.44. The molecule has 2 rings (SSSR count). The molecule has 2 aromatic carbocycles. The molecule has 0 radical (unpaired) electrons. The molecule has 0 heterocycles. The van der Waals surface area contributed by atoms with E-state index < -0.39 is 6.04 Å². The van der Waals surface area contributed by atoms with E-state index in [0.29, 0.717) is 16.9 Å². The summed E-state index contributed by atoms with van der Waals surface area (Å²) in [7, 11) is 1.65. The minimum absolute atomic E-state index is 0.0144. The minimum Gasteiger partial charge on any atom is -0.325 e. The van der Waals surface area contributed by atoms with Gasteiger partial charge in [-0.1, -0.05) is 12.1 Å². The summed E-state index contributed by atoms with van der Waals surface area (Å²) in [5, 5.41) is 5.39. The van der Waals surface area contributed by atoms with E-state index in [1.165, 1.54) is 31.2 Å². The van der Waals surface area contributed by atoms with Gasteiger partial charge in [0.1, 0.15) is 5.82 Å². The van der Waals surface area contributed by atoms with Crippen LogP contribution >= 0.6 is 0 Å². The third-order valence-electron chi connectivity index (χ3n) is 4.10. The number of nitrogens with one attached hydrogen (secondary N) is 2. The van der Waals surface area contributed by atoms with Crippen molar-refractivity contribution in [2.75, 3.05) is 24.2 Å². The van der Waals surface area contributed by atoms with Gasteiger partial charge in [0.2, 0.25) is 11.8 Å². The lowest BCUT2D eigenvalue weighted by molar-refractivity contribution is -0.122. The second kappa shape index (κ2) is 9.05. The van der Waals surface area contributed by atoms with Crippen molar-refractivity contribution in [3.63, 3.8) is 0 Å². The molecule has 0 saturated heterocycles.